The van der Waals surface area contributed by atoms with Gasteiger partial charge in [0.1, 0.15) is 6.10 Å². The first-order valence-corrected chi connectivity index (χ1v) is 6.44. The zero-order valence-electron chi connectivity index (χ0n) is 10.2. The number of hydrogen-bond acceptors (Lipinski definition) is 3. The largest absolute Gasteiger partial charge is 0.445 e. The molecule has 0 bridgehead atoms. The number of nitrogens with one attached hydrogen (secondary N) is 1. The molecule has 0 aromatic rings. The molecule has 1 amide bonds. The molecular weight excluding hydrogens is 204 g/mol. The fourth-order valence-electron chi connectivity index (χ4n) is 2.00. The topological polar surface area (TPSA) is 64.3 Å². The molecule has 0 saturated heterocycles. The van der Waals surface area contributed by atoms with Gasteiger partial charge in [0, 0.05) is 12.6 Å². The second kappa shape index (κ2) is 7.49. The van der Waals surface area contributed by atoms with Crippen molar-refractivity contribution in [3.63, 3.8) is 0 Å². The van der Waals surface area contributed by atoms with E-state index in [2.05, 4.69) is 12.2 Å². The molecule has 16 heavy (non-hydrogen) atoms. The maximum Gasteiger partial charge on any atom is 0.407 e. The molecule has 4 nitrogen and oxygen atoms in total. The number of carbonyl (C=O) groups is 1. The van der Waals surface area contributed by atoms with Gasteiger partial charge in [0.15, 0.2) is 0 Å². The lowest BCUT2D eigenvalue weighted by Gasteiger charge is -2.21. The van der Waals surface area contributed by atoms with E-state index in [0.717, 1.165) is 38.5 Å². The fourth-order valence-corrected chi connectivity index (χ4v) is 2.00. The third-order valence-electron chi connectivity index (χ3n) is 3.06. The van der Waals surface area contributed by atoms with Crippen LogP contribution in [0.15, 0.2) is 0 Å². The monoisotopic (exact) mass is 228 g/mol. The van der Waals surface area contributed by atoms with Crippen LogP contribution >= 0.6 is 0 Å². The summed E-state index contributed by atoms with van der Waals surface area (Å²) in [6.07, 6.45) is 6.99. The molecule has 0 aromatic carbocycles. The van der Waals surface area contributed by atoms with Crippen LogP contribution < -0.4 is 11.1 Å². The van der Waals surface area contributed by atoms with Crippen molar-refractivity contribution in [1.29, 1.82) is 0 Å². The Morgan fingerprint density at radius 3 is 2.88 bits per heavy atom. The summed E-state index contributed by atoms with van der Waals surface area (Å²) in [5, 5.41) is 2.76. The molecule has 0 aliphatic heterocycles. The van der Waals surface area contributed by atoms with Crippen LogP contribution in [0.4, 0.5) is 4.79 Å². The lowest BCUT2D eigenvalue weighted by Crippen LogP contribution is -2.40. The highest BCUT2D eigenvalue weighted by molar-refractivity contribution is 5.67. The first-order valence-electron chi connectivity index (χ1n) is 6.44. The smallest absolute Gasteiger partial charge is 0.407 e. The average Bonchev–Trinajstić information content (AvgIpc) is 2.45. The van der Waals surface area contributed by atoms with Gasteiger partial charge in [-0.2, -0.15) is 0 Å². The molecule has 1 aliphatic carbocycles. The van der Waals surface area contributed by atoms with E-state index in [0.29, 0.717) is 6.54 Å². The summed E-state index contributed by atoms with van der Waals surface area (Å²) in [5.41, 5.74) is 5.98. The lowest BCUT2D eigenvalue weighted by atomic mass is 10.1. The van der Waals surface area contributed by atoms with Crippen LogP contribution in [0.3, 0.4) is 0 Å². The minimum atomic E-state index is -0.309. The summed E-state index contributed by atoms with van der Waals surface area (Å²) >= 11 is 0. The van der Waals surface area contributed by atoms with E-state index in [1.807, 2.05) is 0 Å². The van der Waals surface area contributed by atoms with Crippen molar-refractivity contribution in [1.82, 2.24) is 5.32 Å². The number of nitrogens with two attached hydrogens (primary N) is 1. The molecule has 4 heteroatoms. The lowest BCUT2D eigenvalue weighted by molar-refractivity contribution is 0.0783. The Hall–Kier alpha value is -0.770. The summed E-state index contributed by atoms with van der Waals surface area (Å²) in [5.74, 6) is 0. The molecule has 1 rings (SSSR count). The van der Waals surface area contributed by atoms with Gasteiger partial charge in [-0.15, -0.1) is 0 Å². The quantitative estimate of drug-likeness (QED) is 0.572. The number of hydrogen-bond donors (Lipinski definition) is 2. The Balaban J connectivity index is 2.25. The van der Waals surface area contributed by atoms with Gasteiger partial charge in [0.05, 0.1) is 0 Å². The zero-order valence-corrected chi connectivity index (χ0v) is 10.2. The van der Waals surface area contributed by atoms with Gasteiger partial charge >= 0.3 is 6.09 Å². The van der Waals surface area contributed by atoms with Crippen molar-refractivity contribution >= 4 is 6.09 Å². The highest BCUT2D eigenvalue weighted by atomic mass is 16.6. The summed E-state index contributed by atoms with van der Waals surface area (Å²) in [4.78, 5) is 11.5. The van der Waals surface area contributed by atoms with E-state index in [1.54, 1.807) is 0 Å². The van der Waals surface area contributed by atoms with Crippen molar-refractivity contribution in [3.8, 4) is 0 Å². The van der Waals surface area contributed by atoms with E-state index in [4.69, 9.17) is 10.5 Å². The van der Waals surface area contributed by atoms with E-state index in [-0.39, 0.29) is 18.2 Å². The minimum absolute atomic E-state index is 0.0134. The number of rotatable bonds is 4. The first-order chi connectivity index (χ1) is 7.74. The van der Waals surface area contributed by atoms with Crippen LogP contribution in [0.2, 0.25) is 0 Å². The summed E-state index contributed by atoms with van der Waals surface area (Å²) in [7, 11) is 0. The van der Waals surface area contributed by atoms with Crippen LogP contribution in [-0.4, -0.2) is 24.8 Å². The minimum Gasteiger partial charge on any atom is -0.445 e. The molecule has 1 fully saturated rings. The second-order valence-corrected chi connectivity index (χ2v) is 4.53. The van der Waals surface area contributed by atoms with Crippen LogP contribution in [0, 0.1) is 0 Å². The predicted molar refractivity (Wildman–Crippen MR) is 64.2 cm³/mol. The van der Waals surface area contributed by atoms with Crippen molar-refractivity contribution in [2.24, 2.45) is 5.73 Å². The van der Waals surface area contributed by atoms with Gasteiger partial charge in [-0.05, 0) is 25.7 Å². The van der Waals surface area contributed by atoms with Crippen LogP contribution in [0.5, 0.6) is 0 Å². The van der Waals surface area contributed by atoms with Crippen molar-refractivity contribution in [3.05, 3.63) is 0 Å². The average molecular weight is 228 g/mol. The SMILES string of the molecule is CCCCNC(=O)OC1CCCCCC1N. The fraction of sp³-hybridized carbons (Fsp3) is 0.917. The Kier molecular flexibility index (Phi) is 6.23. The molecule has 2 atom stereocenters. The Labute approximate surface area is 97.9 Å². The number of unbranched alkanes of at least 4 members (excludes halogenated alkanes) is 1. The van der Waals surface area contributed by atoms with E-state index in [9.17, 15) is 4.79 Å². The van der Waals surface area contributed by atoms with E-state index in [1.165, 1.54) is 6.42 Å². The highest BCUT2D eigenvalue weighted by Crippen LogP contribution is 2.19. The molecule has 0 radical (unpaired) electrons. The van der Waals surface area contributed by atoms with E-state index < -0.39 is 0 Å². The van der Waals surface area contributed by atoms with Crippen molar-refractivity contribution in [2.75, 3.05) is 6.54 Å². The third kappa shape index (κ3) is 4.84. The first kappa shape index (κ1) is 13.3. The Morgan fingerprint density at radius 1 is 1.38 bits per heavy atom. The Morgan fingerprint density at radius 2 is 2.12 bits per heavy atom. The molecule has 2 unspecified atom stereocenters. The van der Waals surface area contributed by atoms with Gasteiger partial charge in [-0.25, -0.2) is 4.79 Å². The van der Waals surface area contributed by atoms with Gasteiger partial charge in [-0.1, -0.05) is 26.2 Å². The highest BCUT2D eigenvalue weighted by Gasteiger charge is 2.23. The van der Waals surface area contributed by atoms with Gasteiger partial charge in [-0.3, -0.25) is 0 Å². The number of amides is 1. The third-order valence-corrected chi connectivity index (χ3v) is 3.06. The molecular formula is C12H24N2O2. The summed E-state index contributed by atoms with van der Waals surface area (Å²) in [6.45, 7) is 2.78. The normalized spacial score (nSPS) is 25.9. The van der Waals surface area contributed by atoms with Gasteiger partial charge < -0.3 is 15.8 Å². The van der Waals surface area contributed by atoms with Crippen LogP contribution in [0.1, 0.15) is 51.9 Å². The zero-order chi connectivity index (χ0) is 11.8. The molecule has 94 valence electrons. The standard InChI is InChI=1S/C12H24N2O2/c1-2-3-9-14-12(15)16-11-8-6-4-5-7-10(11)13/h10-11H,2-9,13H2,1H3,(H,14,15). The summed E-state index contributed by atoms with van der Waals surface area (Å²) in [6, 6.07) is 0.0134. The molecule has 3 N–H and O–H groups in total. The van der Waals surface area contributed by atoms with Gasteiger partial charge in [0.2, 0.25) is 0 Å². The van der Waals surface area contributed by atoms with Crippen molar-refractivity contribution < 1.29 is 9.53 Å². The van der Waals surface area contributed by atoms with E-state index >= 15 is 0 Å². The van der Waals surface area contributed by atoms with Crippen LogP contribution in [0.25, 0.3) is 0 Å². The number of alkyl carbamates (subject to hydrolysis) is 1. The van der Waals surface area contributed by atoms with Crippen LogP contribution in [-0.2, 0) is 4.74 Å². The maximum absolute atomic E-state index is 11.5. The molecule has 1 saturated carbocycles. The molecule has 0 spiro atoms. The number of ether oxygens (including phenoxy) is 1. The van der Waals surface area contributed by atoms with Crippen molar-refractivity contribution in [2.45, 2.75) is 64.0 Å². The molecule has 0 heterocycles. The summed E-state index contributed by atoms with van der Waals surface area (Å²) < 4.78 is 5.36. The maximum atomic E-state index is 11.5. The number of carbonyl (C=O) groups excluding carboxylic acids is 1. The Bertz CT molecular complexity index is 209. The van der Waals surface area contributed by atoms with Gasteiger partial charge in [0.25, 0.3) is 0 Å². The molecule has 0 aromatic heterocycles. The predicted octanol–water partition coefficient (Wildman–Crippen LogP) is 2.17. The second-order valence-electron chi connectivity index (χ2n) is 4.53. The molecule has 1 aliphatic rings.